The molecule has 4 nitrogen and oxygen atoms in total. The Kier molecular flexibility index (Phi) is 3.29. The van der Waals surface area contributed by atoms with Crippen molar-refractivity contribution in [2.24, 2.45) is 0 Å². The fourth-order valence-corrected chi connectivity index (χ4v) is 2.96. The van der Waals surface area contributed by atoms with Gasteiger partial charge in [0.25, 0.3) is 5.91 Å². The molecule has 1 fully saturated rings. The van der Waals surface area contributed by atoms with E-state index in [1.54, 1.807) is 0 Å². The molecule has 4 heteroatoms. The molecule has 3 rings (SSSR count). The van der Waals surface area contributed by atoms with E-state index in [1.807, 2.05) is 11.0 Å². The lowest BCUT2D eigenvalue weighted by molar-refractivity contribution is 0.0783. The van der Waals surface area contributed by atoms with Gasteiger partial charge in [-0.15, -0.1) is 0 Å². The fourth-order valence-electron chi connectivity index (χ4n) is 2.96. The third-order valence-corrected chi connectivity index (χ3v) is 4.27. The van der Waals surface area contributed by atoms with Crippen molar-refractivity contribution in [3.8, 4) is 0 Å². The van der Waals surface area contributed by atoms with Crippen LogP contribution in [-0.2, 0) is 13.1 Å². The summed E-state index contributed by atoms with van der Waals surface area (Å²) in [6, 6.07) is 6.61. The van der Waals surface area contributed by atoms with Crippen LogP contribution >= 0.6 is 0 Å². The average Bonchev–Trinajstić information content (AvgIpc) is 3.06. The smallest absolute Gasteiger partial charge is 0.253 e. The molecule has 1 N–H and O–H groups in total. The van der Waals surface area contributed by atoms with Crippen LogP contribution in [0, 0.1) is 0 Å². The van der Waals surface area contributed by atoms with E-state index in [0.717, 1.165) is 38.2 Å². The minimum atomic E-state index is 0.180. The van der Waals surface area contributed by atoms with Gasteiger partial charge >= 0.3 is 0 Å². The van der Waals surface area contributed by atoms with Crippen molar-refractivity contribution in [3.63, 3.8) is 0 Å². The highest BCUT2D eigenvalue weighted by Crippen LogP contribution is 2.20. The molecular weight excluding hydrogens is 238 g/mol. The van der Waals surface area contributed by atoms with E-state index in [2.05, 4.69) is 36.4 Å². The van der Waals surface area contributed by atoms with Gasteiger partial charge in [-0.05, 0) is 43.8 Å². The zero-order valence-corrected chi connectivity index (χ0v) is 11.6. The lowest BCUT2D eigenvalue weighted by Gasteiger charge is -2.20. The van der Waals surface area contributed by atoms with Gasteiger partial charge in [-0.3, -0.25) is 4.79 Å². The van der Waals surface area contributed by atoms with E-state index in [4.69, 9.17) is 0 Å². The number of nitrogens with zero attached hydrogens (tertiary/aromatic N) is 2. The number of carbonyl (C=O) groups excluding carboxylic acids is 1. The van der Waals surface area contributed by atoms with E-state index in [9.17, 15) is 4.79 Å². The zero-order valence-electron chi connectivity index (χ0n) is 11.6. The third kappa shape index (κ3) is 2.38. The highest BCUT2D eigenvalue weighted by molar-refractivity contribution is 5.94. The topological polar surface area (TPSA) is 35.6 Å². The maximum Gasteiger partial charge on any atom is 0.253 e. The number of carbonyl (C=O) groups is 1. The molecule has 0 bridgehead atoms. The number of rotatable bonds is 2. The molecule has 19 heavy (non-hydrogen) atoms. The first-order valence-electron chi connectivity index (χ1n) is 6.93. The van der Waals surface area contributed by atoms with E-state index < -0.39 is 0 Å². The van der Waals surface area contributed by atoms with Gasteiger partial charge in [-0.25, -0.2) is 0 Å². The molecule has 1 aromatic rings. The number of fused-ring (bicyclic) bond motifs is 1. The summed E-state index contributed by atoms with van der Waals surface area (Å²) in [6.07, 6.45) is 1.07. The Morgan fingerprint density at radius 2 is 2.11 bits per heavy atom. The van der Waals surface area contributed by atoms with Crippen LogP contribution in [0.25, 0.3) is 0 Å². The third-order valence-electron chi connectivity index (χ3n) is 4.27. The minimum absolute atomic E-state index is 0.180. The van der Waals surface area contributed by atoms with Crippen molar-refractivity contribution in [3.05, 3.63) is 34.9 Å². The number of amides is 1. The summed E-state index contributed by atoms with van der Waals surface area (Å²) in [4.78, 5) is 16.7. The molecule has 1 atom stereocenters. The normalized spacial score (nSPS) is 22.1. The second kappa shape index (κ2) is 4.94. The number of likely N-dealkylation sites (tertiary alicyclic amines) is 1. The summed E-state index contributed by atoms with van der Waals surface area (Å²) in [5.41, 5.74) is 3.43. The van der Waals surface area contributed by atoms with Crippen molar-refractivity contribution in [1.29, 1.82) is 0 Å². The molecule has 1 amide bonds. The Labute approximate surface area is 114 Å². The summed E-state index contributed by atoms with van der Waals surface area (Å²) in [5.74, 6) is 0.180. The van der Waals surface area contributed by atoms with Crippen LogP contribution in [0.1, 0.15) is 27.9 Å². The standard InChI is InChI=1S/C15H21N3O/c1-17(2)14-5-6-18(10-14)15(19)11-3-4-12-8-16-9-13(12)7-11/h3-4,7,14,16H,5-6,8-10H2,1-2H3. The van der Waals surface area contributed by atoms with Crippen molar-refractivity contribution >= 4 is 5.91 Å². The number of benzene rings is 1. The Morgan fingerprint density at radius 3 is 2.84 bits per heavy atom. The summed E-state index contributed by atoms with van der Waals surface area (Å²) in [6.45, 7) is 3.53. The van der Waals surface area contributed by atoms with Gasteiger partial charge < -0.3 is 15.1 Å². The molecule has 0 spiro atoms. The monoisotopic (exact) mass is 259 g/mol. The Bertz CT molecular complexity index is 498. The number of likely N-dealkylation sites (N-methyl/N-ethyl adjacent to an activating group) is 1. The van der Waals surface area contributed by atoms with Gasteiger partial charge in [-0.1, -0.05) is 6.07 Å². The number of hydrogen-bond donors (Lipinski definition) is 1. The molecule has 0 saturated carbocycles. The van der Waals surface area contributed by atoms with Crippen molar-refractivity contribution in [2.75, 3.05) is 27.2 Å². The van der Waals surface area contributed by atoms with Gasteiger partial charge in [0, 0.05) is 37.8 Å². The van der Waals surface area contributed by atoms with Crippen molar-refractivity contribution in [2.45, 2.75) is 25.6 Å². The second-order valence-electron chi connectivity index (χ2n) is 5.74. The molecule has 0 radical (unpaired) electrons. The fraction of sp³-hybridized carbons (Fsp3) is 0.533. The predicted octanol–water partition coefficient (Wildman–Crippen LogP) is 1.07. The highest BCUT2D eigenvalue weighted by atomic mass is 16.2. The van der Waals surface area contributed by atoms with Crippen molar-refractivity contribution in [1.82, 2.24) is 15.1 Å². The minimum Gasteiger partial charge on any atom is -0.337 e. The predicted molar refractivity (Wildman–Crippen MR) is 75.0 cm³/mol. The van der Waals surface area contributed by atoms with Crippen molar-refractivity contribution < 1.29 is 4.79 Å². The maximum atomic E-state index is 12.5. The first-order valence-corrected chi connectivity index (χ1v) is 6.93. The van der Waals surface area contributed by atoms with E-state index in [1.165, 1.54) is 11.1 Å². The van der Waals surface area contributed by atoms with Crippen LogP contribution in [0.15, 0.2) is 18.2 Å². The molecule has 1 saturated heterocycles. The number of nitrogens with one attached hydrogen (secondary N) is 1. The molecule has 102 valence electrons. The first kappa shape index (κ1) is 12.6. The Hall–Kier alpha value is -1.39. The quantitative estimate of drug-likeness (QED) is 0.863. The van der Waals surface area contributed by atoms with Crippen LogP contribution in [0.5, 0.6) is 0 Å². The van der Waals surface area contributed by atoms with Gasteiger partial charge in [0.05, 0.1) is 0 Å². The van der Waals surface area contributed by atoms with Crippen LogP contribution in [-0.4, -0.2) is 48.9 Å². The van der Waals surface area contributed by atoms with E-state index in [0.29, 0.717) is 6.04 Å². The largest absolute Gasteiger partial charge is 0.337 e. The maximum absolute atomic E-state index is 12.5. The lowest BCUT2D eigenvalue weighted by Crippen LogP contribution is -2.34. The first-order chi connectivity index (χ1) is 9.15. The lowest BCUT2D eigenvalue weighted by atomic mass is 10.1. The highest BCUT2D eigenvalue weighted by Gasteiger charge is 2.28. The molecular formula is C15H21N3O. The van der Waals surface area contributed by atoms with Gasteiger partial charge in [0.2, 0.25) is 0 Å². The Morgan fingerprint density at radius 1 is 1.32 bits per heavy atom. The van der Waals surface area contributed by atoms with Gasteiger partial charge in [0.1, 0.15) is 0 Å². The summed E-state index contributed by atoms with van der Waals surface area (Å²) in [5, 5.41) is 3.31. The molecule has 1 aromatic carbocycles. The second-order valence-corrected chi connectivity index (χ2v) is 5.74. The van der Waals surface area contributed by atoms with E-state index in [-0.39, 0.29) is 5.91 Å². The number of hydrogen-bond acceptors (Lipinski definition) is 3. The summed E-state index contributed by atoms with van der Waals surface area (Å²) >= 11 is 0. The molecule has 2 aliphatic rings. The van der Waals surface area contributed by atoms with Crippen LogP contribution in [0.4, 0.5) is 0 Å². The molecule has 2 heterocycles. The van der Waals surface area contributed by atoms with Gasteiger partial charge in [0.15, 0.2) is 0 Å². The van der Waals surface area contributed by atoms with Crippen LogP contribution in [0.3, 0.4) is 0 Å². The van der Waals surface area contributed by atoms with Crippen LogP contribution < -0.4 is 5.32 Å². The van der Waals surface area contributed by atoms with E-state index >= 15 is 0 Å². The summed E-state index contributed by atoms with van der Waals surface area (Å²) < 4.78 is 0. The SMILES string of the molecule is CN(C)C1CCN(C(=O)c2ccc3c(c2)CNC3)C1. The van der Waals surface area contributed by atoms with Gasteiger partial charge in [-0.2, -0.15) is 0 Å². The molecule has 0 aromatic heterocycles. The zero-order chi connectivity index (χ0) is 13.4. The summed E-state index contributed by atoms with van der Waals surface area (Å²) in [7, 11) is 4.17. The van der Waals surface area contributed by atoms with Crippen LogP contribution in [0.2, 0.25) is 0 Å². The molecule has 2 aliphatic heterocycles. The molecule has 0 aliphatic carbocycles. The Balaban J connectivity index is 1.74. The molecule has 1 unspecified atom stereocenters. The average molecular weight is 259 g/mol.